The summed E-state index contributed by atoms with van der Waals surface area (Å²) in [5.41, 5.74) is 2.12. The maximum atomic E-state index is 14.4. The molecule has 1 fully saturated rings. The molecular weight excluding hydrogens is 455 g/mol. The molecule has 2 aliphatic heterocycles. The number of fused-ring (bicyclic) bond motifs is 1. The van der Waals surface area contributed by atoms with Gasteiger partial charge in [0.1, 0.15) is 0 Å². The topological polar surface area (TPSA) is 58.6 Å². The lowest BCUT2D eigenvalue weighted by molar-refractivity contribution is 0.0732. The third kappa shape index (κ3) is 4.71. The Hall–Kier alpha value is -3.19. The zero-order valence-corrected chi connectivity index (χ0v) is 19.8. The van der Waals surface area contributed by atoms with Crippen molar-refractivity contribution in [1.29, 1.82) is 0 Å². The third-order valence-electron chi connectivity index (χ3n) is 6.50. The molecular formula is C26H26ClFN4O2. The second-order valence-electron chi connectivity index (χ2n) is 8.94. The van der Waals surface area contributed by atoms with Crippen LogP contribution in [0.15, 0.2) is 48.5 Å². The summed E-state index contributed by atoms with van der Waals surface area (Å²) in [4.78, 5) is 26.6. The zero-order valence-electron chi connectivity index (χ0n) is 19.0. The van der Waals surface area contributed by atoms with E-state index in [1.807, 2.05) is 0 Å². The van der Waals surface area contributed by atoms with Gasteiger partial charge >= 0.3 is 0 Å². The first-order valence-corrected chi connectivity index (χ1v) is 12.0. The lowest BCUT2D eigenvalue weighted by atomic mass is 9.99. The third-order valence-corrected chi connectivity index (χ3v) is 6.75. The molecule has 8 heteroatoms. The van der Waals surface area contributed by atoms with Crippen LogP contribution in [-0.4, -0.2) is 40.4 Å². The quantitative estimate of drug-likeness (QED) is 0.493. The highest BCUT2D eigenvalue weighted by molar-refractivity contribution is 6.30. The highest BCUT2D eigenvalue weighted by atomic mass is 35.5. The average molecular weight is 481 g/mol. The van der Waals surface area contributed by atoms with E-state index in [0.29, 0.717) is 46.9 Å². The van der Waals surface area contributed by atoms with Crippen molar-refractivity contribution in [2.24, 2.45) is 5.92 Å². The number of rotatable bonds is 4. The number of halogens is 2. The van der Waals surface area contributed by atoms with Crippen LogP contribution in [0, 0.1) is 11.7 Å². The number of nitrogens with zero attached hydrogens (tertiary/aromatic N) is 4. The molecule has 0 atom stereocenters. The van der Waals surface area contributed by atoms with Gasteiger partial charge in [-0.15, -0.1) is 0 Å². The van der Waals surface area contributed by atoms with Crippen LogP contribution in [0.25, 0.3) is 0 Å². The number of aromatic nitrogens is 2. The molecule has 2 aliphatic rings. The number of ether oxygens (including phenoxy) is 1. The van der Waals surface area contributed by atoms with E-state index in [9.17, 15) is 9.18 Å². The van der Waals surface area contributed by atoms with Crippen LogP contribution in [-0.2, 0) is 13.0 Å². The minimum absolute atomic E-state index is 0.0998. The predicted octanol–water partition coefficient (Wildman–Crippen LogP) is 5.50. The number of hydrogen-bond donors (Lipinski definition) is 0. The summed E-state index contributed by atoms with van der Waals surface area (Å²) >= 11 is 5.97. The summed E-state index contributed by atoms with van der Waals surface area (Å²) in [5.74, 6) is 1.12. The van der Waals surface area contributed by atoms with Gasteiger partial charge in [-0.25, -0.2) is 9.37 Å². The van der Waals surface area contributed by atoms with Crippen LogP contribution in [0.4, 0.5) is 10.3 Å². The molecule has 0 spiro atoms. The van der Waals surface area contributed by atoms with Crippen LogP contribution in [0.5, 0.6) is 11.6 Å². The van der Waals surface area contributed by atoms with Crippen molar-refractivity contribution in [2.75, 3.05) is 24.5 Å². The maximum absolute atomic E-state index is 14.4. The molecule has 1 saturated heterocycles. The Morgan fingerprint density at radius 1 is 1.06 bits per heavy atom. The summed E-state index contributed by atoms with van der Waals surface area (Å²) < 4.78 is 20.4. The van der Waals surface area contributed by atoms with Gasteiger partial charge in [-0.1, -0.05) is 30.7 Å². The Morgan fingerprint density at radius 2 is 1.79 bits per heavy atom. The Kier molecular flexibility index (Phi) is 6.37. The molecule has 0 unspecified atom stereocenters. The van der Waals surface area contributed by atoms with Gasteiger partial charge in [0, 0.05) is 36.6 Å². The average Bonchev–Trinajstić information content (AvgIpc) is 2.85. The van der Waals surface area contributed by atoms with E-state index in [1.165, 1.54) is 6.07 Å². The van der Waals surface area contributed by atoms with Crippen LogP contribution in [0.2, 0.25) is 5.02 Å². The Morgan fingerprint density at radius 3 is 2.53 bits per heavy atom. The molecule has 0 N–H and O–H groups in total. The highest BCUT2D eigenvalue weighted by Crippen LogP contribution is 2.33. The molecule has 0 radical (unpaired) electrons. The van der Waals surface area contributed by atoms with Crippen molar-refractivity contribution in [3.05, 3.63) is 76.2 Å². The number of piperidine rings is 1. The summed E-state index contributed by atoms with van der Waals surface area (Å²) in [6.45, 7) is 4.82. The Balaban J connectivity index is 1.48. The molecule has 34 heavy (non-hydrogen) atoms. The van der Waals surface area contributed by atoms with Gasteiger partial charge in [0.15, 0.2) is 11.6 Å². The number of amides is 1. The predicted molar refractivity (Wildman–Crippen MR) is 129 cm³/mol. The van der Waals surface area contributed by atoms with E-state index in [0.717, 1.165) is 31.6 Å². The largest absolute Gasteiger partial charge is 0.435 e. The molecule has 5 rings (SSSR count). The van der Waals surface area contributed by atoms with Gasteiger partial charge < -0.3 is 14.5 Å². The first-order valence-electron chi connectivity index (χ1n) is 11.6. The Labute approximate surface area is 203 Å². The summed E-state index contributed by atoms with van der Waals surface area (Å²) in [6, 6.07) is 13.1. The monoisotopic (exact) mass is 480 g/mol. The SMILES string of the molecule is CC1CCN(c2nc3c(c(Oc4ccccc4F)n2)CN(C(=O)c2ccc(Cl)cc2)CC3)CC1. The fraction of sp³-hybridized carbons (Fsp3) is 0.346. The number of benzene rings is 2. The smallest absolute Gasteiger partial charge is 0.254 e. The van der Waals surface area contributed by atoms with Crippen molar-refractivity contribution in [3.8, 4) is 11.6 Å². The van der Waals surface area contributed by atoms with Crippen molar-refractivity contribution >= 4 is 23.5 Å². The second-order valence-corrected chi connectivity index (χ2v) is 9.38. The molecule has 0 bridgehead atoms. The van der Waals surface area contributed by atoms with Crippen LogP contribution >= 0.6 is 11.6 Å². The molecule has 3 heterocycles. The normalized spacial score (nSPS) is 16.3. The van der Waals surface area contributed by atoms with Crippen LogP contribution in [0.1, 0.15) is 41.4 Å². The van der Waals surface area contributed by atoms with Gasteiger partial charge in [0.25, 0.3) is 5.91 Å². The van der Waals surface area contributed by atoms with Crippen molar-refractivity contribution in [2.45, 2.75) is 32.7 Å². The van der Waals surface area contributed by atoms with Crippen LogP contribution < -0.4 is 9.64 Å². The lowest BCUT2D eigenvalue weighted by Crippen LogP contribution is -2.38. The number of para-hydroxylation sites is 1. The van der Waals surface area contributed by atoms with Crippen LogP contribution in [0.3, 0.4) is 0 Å². The summed E-state index contributed by atoms with van der Waals surface area (Å²) in [7, 11) is 0. The van der Waals surface area contributed by atoms with E-state index in [2.05, 4.69) is 11.8 Å². The Bertz CT molecular complexity index is 1200. The fourth-order valence-corrected chi connectivity index (χ4v) is 4.51. The minimum Gasteiger partial charge on any atom is -0.435 e. The standard InChI is InChI=1S/C26H26ClFN4O2/c1-17-10-13-31(14-11-17)26-29-22-12-15-32(25(33)18-6-8-19(27)9-7-18)16-20(22)24(30-26)34-23-5-3-2-4-21(23)28/h2-9,17H,10-16H2,1H3. The minimum atomic E-state index is -0.465. The molecule has 0 aliphatic carbocycles. The summed E-state index contributed by atoms with van der Waals surface area (Å²) in [5, 5.41) is 0.578. The zero-order chi connectivity index (χ0) is 23.7. The molecule has 6 nitrogen and oxygen atoms in total. The van der Waals surface area contributed by atoms with Gasteiger partial charge in [-0.3, -0.25) is 4.79 Å². The maximum Gasteiger partial charge on any atom is 0.254 e. The molecule has 1 aromatic heterocycles. The number of anilines is 1. The van der Waals surface area contributed by atoms with E-state index < -0.39 is 5.82 Å². The second kappa shape index (κ2) is 9.58. The van der Waals surface area contributed by atoms with E-state index >= 15 is 0 Å². The fourth-order valence-electron chi connectivity index (χ4n) is 4.39. The molecule has 2 aromatic carbocycles. The first-order chi connectivity index (χ1) is 16.5. The molecule has 0 saturated carbocycles. The highest BCUT2D eigenvalue weighted by Gasteiger charge is 2.29. The van der Waals surface area contributed by atoms with Crippen molar-refractivity contribution in [1.82, 2.24) is 14.9 Å². The van der Waals surface area contributed by atoms with Gasteiger partial charge in [-0.05, 0) is 55.2 Å². The lowest BCUT2D eigenvalue weighted by Gasteiger charge is -2.33. The number of hydrogen-bond acceptors (Lipinski definition) is 5. The molecule has 1 amide bonds. The van der Waals surface area contributed by atoms with Gasteiger partial charge in [-0.2, -0.15) is 4.98 Å². The number of carbonyl (C=O) groups excluding carboxylic acids is 1. The van der Waals surface area contributed by atoms with E-state index in [1.54, 1.807) is 47.4 Å². The number of carbonyl (C=O) groups is 1. The van der Waals surface area contributed by atoms with E-state index in [4.69, 9.17) is 26.3 Å². The van der Waals surface area contributed by atoms with E-state index in [-0.39, 0.29) is 18.2 Å². The summed E-state index contributed by atoms with van der Waals surface area (Å²) in [6.07, 6.45) is 2.72. The first kappa shape index (κ1) is 22.6. The van der Waals surface area contributed by atoms with Gasteiger partial charge in [0.2, 0.25) is 11.8 Å². The molecule has 176 valence electrons. The van der Waals surface area contributed by atoms with Crippen molar-refractivity contribution in [3.63, 3.8) is 0 Å². The van der Waals surface area contributed by atoms with Crippen molar-refractivity contribution < 1.29 is 13.9 Å². The molecule has 3 aromatic rings. The van der Waals surface area contributed by atoms with Gasteiger partial charge in [0.05, 0.1) is 17.8 Å².